The predicted molar refractivity (Wildman–Crippen MR) is 289 cm³/mol. The van der Waals surface area contributed by atoms with Crippen LogP contribution in [-0.4, -0.2) is 110 Å². The lowest BCUT2D eigenvalue weighted by Crippen LogP contribution is -2.60. The summed E-state index contributed by atoms with van der Waals surface area (Å²) in [6.07, 6.45) is 46.4. The lowest BCUT2D eigenvalue weighted by molar-refractivity contribution is -0.303. The number of unbranched alkanes of at least 4 members (excludes halogenated alkanes) is 38. The van der Waals surface area contributed by atoms with Gasteiger partial charge in [0.2, 0.25) is 5.91 Å². The fourth-order valence-corrected chi connectivity index (χ4v) is 9.91. The normalized spacial score (nSPS) is 20.3. The summed E-state index contributed by atoms with van der Waals surface area (Å²) in [6.45, 7) is 3.41. The Morgan fingerprint density at radius 1 is 0.486 bits per heavy atom. The van der Waals surface area contributed by atoms with Crippen LogP contribution in [0.3, 0.4) is 0 Å². The minimum atomic E-state index is -1.66. The Morgan fingerprint density at radius 3 is 1.20 bits per heavy atom. The zero-order valence-electron chi connectivity index (χ0n) is 45.5. The summed E-state index contributed by atoms with van der Waals surface area (Å²) >= 11 is 0. The molecule has 1 aliphatic heterocycles. The molecule has 70 heavy (non-hydrogen) atoms. The molecule has 11 heteroatoms. The number of carbonyl (C=O) groups is 1. The molecule has 0 bridgehead atoms. The first-order chi connectivity index (χ1) is 34.2. The second-order valence-electron chi connectivity index (χ2n) is 21.4. The van der Waals surface area contributed by atoms with Crippen LogP contribution in [0.15, 0.2) is 12.2 Å². The maximum atomic E-state index is 13.1. The molecular formula is C59H115NO10. The molecular weight excluding hydrogens is 883 g/mol. The summed E-state index contributed by atoms with van der Waals surface area (Å²) in [7, 11) is 0. The summed E-state index contributed by atoms with van der Waals surface area (Å²) in [4.78, 5) is 13.1. The van der Waals surface area contributed by atoms with Gasteiger partial charge in [-0.1, -0.05) is 264 Å². The lowest BCUT2D eigenvalue weighted by Gasteiger charge is -2.40. The highest BCUT2D eigenvalue weighted by atomic mass is 16.7. The van der Waals surface area contributed by atoms with Crippen LogP contribution < -0.4 is 5.32 Å². The predicted octanol–water partition coefficient (Wildman–Crippen LogP) is 12.7. The SMILES string of the molecule is CCCCCCCCCCCCCCCCCC/C=C\CCCCCCCCCCCCCCCCCCC(O)C(=O)NC(COC1OC(CO)C(O)C(O)C1O)C(O)C(O)CCCCCCCCC. The topological polar surface area (TPSA) is 189 Å². The van der Waals surface area contributed by atoms with Crippen LogP contribution in [0, 0.1) is 0 Å². The second-order valence-corrected chi connectivity index (χ2v) is 21.4. The molecule has 0 aliphatic carbocycles. The second kappa shape index (κ2) is 48.8. The van der Waals surface area contributed by atoms with Gasteiger partial charge in [0, 0.05) is 0 Å². The van der Waals surface area contributed by atoms with Gasteiger partial charge < -0.3 is 50.5 Å². The molecule has 1 heterocycles. The first-order valence-electron chi connectivity index (χ1n) is 30.1. The number of nitrogens with one attached hydrogen (secondary N) is 1. The summed E-state index contributed by atoms with van der Waals surface area (Å²) < 4.78 is 11.1. The number of amides is 1. The van der Waals surface area contributed by atoms with Gasteiger partial charge in [-0.25, -0.2) is 0 Å². The van der Waals surface area contributed by atoms with E-state index in [2.05, 4.69) is 31.3 Å². The van der Waals surface area contributed by atoms with Crippen molar-refractivity contribution < 1.29 is 50.0 Å². The number of hydrogen-bond acceptors (Lipinski definition) is 10. The third-order valence-electron chi connectivity index (χ3n) is 14.8. The molecule has 416 valence electrons. The van der Waals surface area contributed by atoms with E-state index in [1.54, 1.807) is 0 Å². The van der Waals surface area contributed by atoms with Crippen LogP contribution in [-0.2, 0) is 14.3 Å². The van der Waals surface area contributed by atoms with E-state index in [1.807, 2.05) is 0 Å². The fraction of sp³-hybridized carbons (Fsp3) is 0.949. The third-order valence-corrected chi connectivity index (χ3v) is 14.8. The first-order valence-corrected chi connectivity index (χ1v) is 30.1. The Balaban J connectivity index is 2.06. The van der Waals surface area contributed by atoms with Crippen molar-refractivity contribution in [2.45, 2.75) is 345 Å². The van der Waals surface area contributed by atoms with Crippen LogP contribution >= 0.6 is 0 Å². The van der Waals surface area contributed by atoms with E-state index >= 15 is 0 Å². The number of rotatable bonds is 52. The summed E-state index contributed by atoms with van der Waals surface area (Å²) in [5.74, 6) is -0.696. The van der Waals surface area contributed by atoms with Gasteiger partial charge in [-0.3, -0.25) is 4.79 Å². The third kappa shape index (κ3) is 36.7. The molecule has 1 rings (SSSR count). The molecule has 11 nitrogen and oxygen atoms in total. The van der Waals surface area contributed by atoms with E-state index in [-0.39, 0.29) is 6.42 Å². The van der Waals surface area contributed by atoms with Crippen molar-refractivity contribution in [2.75, 3.05) is 13.2 Å². The van der Waals surface area contributed by atoms with Crippen LogP contribution in [0.5, 0.6) is 0 Å². The number of carbonyl (C=O) groups excluding carboxylic acids is 1. The molecule has 9 unspecified atom stereocenters. The fourth-order valence-electron chi connectivity index (χ4n) is 9.91. The van der Waals surface area contributed by atoms with Crippen molar-refractivity contribution in [3.8, 4) is 0 Å². The molecule has 0 aromatic carbocycles. The van der Waals surface area contributed by atoms with Gasteiger partial charge in [-0.2, -0.15) is 0 Å². The molecule has 1 amide bonds. The first kappa shape index (κ1) is 66.9. The minimum Gasteiger partial charge on any atom is -0.394 e. The van der Waals surface area contributed by atoms with Gasteiger partial charge in [0.25, 0.3) is 0 Å². The number of hydrogen-bond donors (Lipinski definition) is 8. The average molecular weight is 999 g/mol. The smallest absolute Gasteiger partial charge is 0.249 e. The van der Waals surface area contributed by atoms with Crippen molar-refractivity contribution in [2.24, 2.45) is 0 Å². The quantitative estimate of drug-likeness (QED) is 0.0215. The average Bonchev–Trinajstić information content (AvgIpc) is 3.36. The highest BCUT2D eigenvalue weighted by Gasteiger charge is 2.44. The minimum absolute atomic E-state index is 0.264. The monoisotopic (exact) mass is 998 g/mol. The van der Waals surface area contributed by atoms with Crippen molar-refractivity contribution in [1.29, 1.82) is 0 Å². The van der Waals surface area contributed by atoms with Gasteiger partial charge in [0.1, 0.15) is 36.6 Å². The molecule has 0 aromatic rings. The largest absolute Gasteiger partial charge is 0.394 e. The Bertz CT molecular complexity index is 1140. The van der Waals surface area contributed by atoms with Crippen molar-refractivity contribution in [3.63, 3.8) is 0 Å². The van der Waals surface area contributed by atoms with Crippen LogP contribution in [0.1, 0.15) is 290 Å². The van der Waals surface area contributed by atoms with Crippen LogP contribution in [0.25, 0.3) is 0 Å². The molecule has 0 spiro atoms. The summed E-state index contributed by atoms with van der Waals surface area (Å²) in [5.41, 5.74) is 0. The van der Waals surface area contributed by atoms with Gasteiger partial charge in [-0.15, -0.1) is 0 Å². The summed E-state index contributed by atoms with van der Waals surface area (Å²) in [5, 5.41) is 75.6. The van der Waals surface area contributed by atoms with Gasteiger partial charge in [0.15, 0.2) is 6.29 Å². The number of aliphatic hydroxyl groups is 7. The highest BCUT2D eigenvalue weighted by Crippen LogP contribution is 2.24. The van der Waals surface area contributed by atoms with Gasteiger partial charge in [0.05, 0.1) is 25.4 Å². The molecule has 0 radical (unpaired) electrons. The van der Waals surface area contributed by atoms with E-state index in [1.165, 1.54) is 205 Å². The molecule has 1 aliphatic rings. The Hall–Kier alpha value is -1.15. The zero-order chi connectivity index (χ0) is 51.1. The number of ether oxygens (including phenoxy) is 2. The Kier molecular flexibility index (Phi) is 46.6. The molecule has 9 atom stereocenters. The molecule has 1 saturated heterocycles. The van der Waals surface area contributed by atoms with Crippen molar-refractivity contribution in [1.82, 2.24) is 5.32 Å². The molecule has 1 fully saturated rings. The number of allylic oxidation sites excluding steroid dienone is 2. The van der Waals surface area contributed by atoms with Crippen molar-refractivity contribution in [3.05, 3.63) is 12.2 Å². The molecule has 0 saturated carbocycles. The maximum Gasteiger partial charge on any atom is 0.249 e. The van der Waals surface area contributed by atoms with E-state index in [4.69, 9.17) is 9.47 Å². The van der Waals surface area contributed by atoms with Crippen LogP contribution in [0.2, 0.25) is 0 Å². The Morgan fingerprint density at radius 2 is 0.829 bits per heavy atom. The van der Waals surface area contributed by atoms with Crippen molar-refractivity contribution >= 4 is 5.91 Å². The van der Waals surface area contributed by atoms with E-state index in [0.29, 0.717) is 19.3 Å². The van der Waals surface area contributed by atoms with Gasteiger partial charge in [-0.05, 0) is 38.5 Å². The maximum absolute atomic E-state index is 13.1. The molecule has 0 aromatic heterocycles. The lowest BCUT2D eigenvalue weighted by atomic mass is 9.98. The highest BCUT2D eigenvalue weighted by molar-refractivity contribution is 5.80. The summed E-state index contributed by atoms with van der Waals surface area (Å²) in [6, 6.07) is -1.16. The van der Waals surface area contributed by atoms with Crippen LogP contribution in [0.4, 0.5) is 0 Å². The van der Waals surface area contributed by atoms with E-state index in [9.17, 15) is 40.5 Å². The molecule has 8 N–H and O–H groups in total. The Labute approximate surface area is 430 Å². The van der Waals surface area contributed by atoms with Gasteiger partial charge >= 0.3 is 0 Å². The number of aliphatic hydroxyl groups excluding tert-OH is 7. The standard InChI is InChI=1S/C59H115NO10/c1-3-5-7-9-11-12-13-14-15-16-17-18-19-20-21-22-23-24-25-26-27-28-29-30-31-32-33-34-35-36-37-38-39-41-43-45-47-52(63)58(68)60-50(54(64)51(62)46-44-42-40-10-8-6-4-2)49-69-59-57(67)56(66)55(65)53(48-61)70-59/h24-25,50-57,59,61-67H,3-23,26-49H2,1-2H3,(H,60,68)/b25-24-. The zero-order valence-corrected chi connectivity index (χ0v) is 45.5. The van der Waals surface area contributed by atoms with E-state index < -0.39 is 74.2 Å². The van der Waals surface area contributed by atoms with E-state index in [0.717, 1.165) is 44.9 Å².